The normalized spacial score (nSPS) is 19.7. The Bertz CT molecular complexity index is 701. The van der Waals surface area contributed by atoms with Crippen molar-refractivity contribution >= 4 is 11.4 Å². The van der Waals surface area contributed by atoms with Gasteiger partial charge < -0.3 is 10.2 Å². The van der Waals surface area contributed by atoms with Gasteiger partial charge in [-0.2, -0.15) is 13.2 Å². The maximum absolute atomic E-state index is 12.5. The highest BCUT2D eigenvalue weighted by molar-refractivity contribution is 5.50. The molecule has 2 aromatic heterocycles. The summed E-state index contributed by atoms with van der Waals surface area (Å²) in [7, 11) is 0. The number of halogens is 3. The van der Waals surface area contributed by atoms with E-state index in [-0.39, 0.29) is 0 Å². The first-order chi connectivity index (χ1) is 11.4. The molecule has 0 bridgehead atoms. The van der Waals surface area contributed by atoms with Crippen LogP contribution in [-0.2, 0) is 6.18 Å². The predicted octanol–water partition coefficient (Wildman–Crippen LogP) is 3.58. The fourth-order valence-corrected chi connectivity index (χ4v) is 3.72. The monoisotopic (exact) mass is 334 g/mol. The Morgan fingerprint density at radius 1 is 1.12 bits per heavy atom. The lowest BCUT2D eigenvalue weighted by molar-refractivity contribution is -0.141. The Morgan fingerprint density at radius 3 is 2.50 bits per heavy atom. The highest BCUT2D eigenvalue weighted by atomic mass is 19.4. The molecule has 126 valence electrons. The highest BCUT2D eigenvalue weighted by Gasteiger charge is 2.52. The Balaban J connectivity index is 1.30. The summed E-state index contributed by atoms with van der Waals surface area (Å²) in [4.78, 5) is 9.70. The van der Waals surface area contributed by atoms with E-state index >= 15 is 0 Å². The van der Waals surface area contributed by atoms with Gasteiger partial charge in [-0.15, -0.1) is 0 Å². The van der Waals surface area contributed by atoms with Crippen LogP contribution in [0.4, 0.5) is 24.5 Å². The maximum Gasteiger partial charge on any atom is 0.433 e. The van der Waals surface area contributed by atoms with Gasteiger partial charge in [-0.1, -0.05) is 0 Å². The standard InChI is InChI=1S/C17H17F3N4/c18-17(19,20)15-4-3-14(9-22-15)24-10-16(11-24)6-13(7-16)23-12-2-1-5-21-8-12/h1-5,8-9,13,23H,6-7,10-11H2. The lowest BCUT2D eigenvalue weighted by atomic mass is 9.60. The van der Waals surface area contributed by atoms with Gasteiger partial charge in [0.05, 0.1) is 17.6 Å². The van der Waals surface area contributed by atoms with Crippen molar-refractivity contribution in [3.8, 4) is 0 Å². The van der Waals surface area contributed by atoms with Crippen LogP contribution in [0.15, 0.2) is 42.9 Å². The van der Waals surface area contributed by atoms with Crippen LogP contribution in [0.1, 0.15) is 18.5 Å². The fourth-order valence-electron chi connectivity index (χ4n) is 3.72. The number of nitrogens with zero attached hydrogens (tertiary/aromatic N) is 3. The van der Waals surface area contributed by atoms with Crippen LogP contribution in [0.5, 0.6) is 0 Å². The van der Waals surface area contributed by atoms with E-state index in [0.717, 1.165) is 43.4 Å². The number of hydrogen-bond acceptors (Lipinski definition) is 4. The van der Waals surface area contributed by atoms with Crippen molar-refractivity contribution in [2.45, 2.75) is 25.1 Å². The third kappa shape index (κ3) is 2.79. The molecule has 1 saturated heterocycles. The molecule has 2 aliphatic rings. The molecule has 0 atom stereocenters. The molecular formula is C17H17F3N4. The number of pyridine rings is 2. The van der Waals surface area contributed by atoms with Crippen LogP contribution >= 0.6 is 0 Å². The summed E-state index contributed by atoms with van der Waals surface area (Å²) in [5.74, 6) is 0. The van der Waals surface area contributed by atoms with Gasteiger partial charge in [0.1, 0.15) is 5.69 Å². The molecule has 7 heteroatoms. The lowest BCUT2D eigenvalue weighted by Crippen LogP contribution is -2.65. The van der Waals surface area contributed by atoms with Crippen molar-refractivity contribution in [2.24, 2.45) is 5.41 Å². The second-order valence-electron chi connectivity index (χ2n) is 6.75. The third-order valence-corrected chi connectivity index (χ3v) is 4.85. The molecule has 0 unspecified atom stereocenters. The molecule has 1 aliphatic carbocycles. The summed E-state index contributed by atoms with van der Waals surface area (Å²) in [5, 5.41) is 3.46. The molecule has 24 heavy (non-hydrogen) atoms. The Hall–Kier alpha value is -2.31. The first-order valence-corrected chi connectivity index (χ1v) is 7.88. The lowest BCUT2D eigenvalue weighted by Gasteiger charge is -2.60. The van der Waals surface area contributed by atoms with Crippen LogP contribution in [0.25, 0.3) is 0 Å². The van der Waals surface area contributed by atoms with E-state index in [9.17, 15) is 13.2 Å². The van der Waals surface area contributed by atoms with E-state index in [1.807, 2.05) is 18.3 Å². The Morgan fingerprint density at radius 2 is 1.92 bits per heavy atom. The van der Waals surface area contributed by atoms with E-state index in [4.69, 9.17) is 0 Å². The zero-order chi connectivity index (χ0) is 16.8. The number of aromatic nitrogens is 2. The Kier molecular flexibility index (Phi) is 3.40. The number of rotatable bonds is 3. The Labute approximate surface area is 137 Å². The minimum atomic E-state index is -4.38. The molecule has 2 aromatic rings. The maximum atomic E-state index is 12.5. The van der Waals surface area contributed by atoms with Crippen molar-refractivity contribution in [3.05, 3.63) is 48.5 Å². The summed E-state index contributed by atoms with van der Waals surface area (Å²) < 4.78 is 37.6. The van der Waals surface area contributed by atoms with Crippen molar-refractivity contribution in [1.82, 2.24) is 9.97 Å². The van der Waals surface area contributed by atoms with E-state index in [1.165, 1.54) is 12.3 Å². The number of hydrogen-bond donors (Lipinski definition) is 1. The zero-order valence-electron chi connectivity index (χ0n) is 12.9. The molecule has 1 N–H and O–H groups in total. The van der Waals surface area contributed by atoms with Gasteiger partial charge in [0.25, 0.3) is 0 Å². The van der Waals surface area contributed by atoms with Crippen LogP contribution in [0.2, 0.25) is 0 Å². The summed E-state index contributed by atoms with van der Waals surface area (Å²) in [5.41, 5.74) is 1.24. The predicted molar refractivity (Wildman–Crippen MR) is 84.8 cm³/mol. The molecule has 0 radical (unpaired) electrons. The van der Waals surface area contributed by atoms with Crippen molar-refractivity contribution in [2.75, 3.05) is 23.3 Å². The smallest absolute Gasteiger partial charge is 0.381 e. The van der Waals surface area contributed by atoms with Crippen LogP contribution in [0.3, 0.4) is 0 Å². The molecule has 4 rings (SSSR count). The second kappa shape index (κ2) is 5.36. The van der Waals surface area contributed by atoms with Gasteiger partial charge in [-0.05, 0) is 37.1 Å². The summed E-state index contributed by atoms with van der Waals surface area (Å²) in [6.45, 7) is 1.76. The summed E-state index contributed by atoms with van der Waals surface area (Å²) in [6, 6.07) is 6.90. The minimum Gasteiger partial charge on any atom is -0.381 e. The topological polar surface area (TPSA) is 41.0 Å². The summed E-state index contributed by atoms with van der Waals surface area (Å²) >= 11 is 0. The SMILES string of the molecule is FC(F)(F)c1ccc(N2CC3(CC(Nc4cccnc4)C3)C2)cn1. The fraction of sp³-hybridized carbons (Fsp3) is 0.412. The molecule has 4 nitrogen and oxygen atoms in total. The van der Waals surface area contributed by atoms with E-state index in [2.05, 4.69) is 20.2 Å². The van der Waals surface area contributed by atoms with Gasteiger partial charge >= 0.3 is 6.18 Å². The van der Waals surface area contributed by atoms with Crippen LogP contribution in [0, 0.1) is 5.41 Å². The van der Waals surface area contributed by atoms with Gasteiger partial charge in [0.15, 0.2) is 0 Å². The van der Waals surface area contributed by atoms with E-state index in [1.54, 1.807) is 6.20 Å². The molecule has 1 aliphatic heterocycles. The molecule has 1 spiro atoms. The second-order valence-corrected chi connectivity index (χ2v) is 6.75. The minimum absolute atomic E-state index is 0.294. The van der Waals surface area contributed by atoms with Gasteiger partial charge in [-0.3, -0.25) is 4.98 Å². The van der Waals surface area contributed by atoms with Crippen molar-refractivity contribution in [1.29, 1.82) is 0 Å². The van der Waals surface area contributed by atoms with Gasteiger partial charge in [0.2, 0.25) is 0 Å². The van der Waals surface area contributed by atoms with Crippen molar-refractivity contribution in [3.63, 3.8) is 0 Å². The van der Waals surface area contributed by atoms with Crippen LogP contribution in [-0.4, -0.2) is 29.1 Å². The molecule has 0 aromatic carbocycles. The molecule has 0 amide bonds. The molecular weight excluding hydrogens is 317 g/mol. The van der Waals surface area contributed by atoms with Gasteiger partial charge in [-0.25, -0.2) is 4.98 Å². The van der Waals surface area contributed by atoms with Gasteiger partial charge in [0, 0.05) is 36.9 Å². The van der Waals surface area contributed by atoms with Crippen LogP contribution < -0.4 is 10.2 Å². The highest BCUT2D eigenvalue weighted by Crippen LogP contribution is 2.50. The third-order valence-electron chi connectivity index (χ3n) is 4.85. The molecule has 1 saturated carbocycles. The molecule has 3 heterocycles. The largest absolute Gasteiger partial charge is 0.433 e. The van der Waals surface area contributed by atoms with Crippen molar-refractivity contribution < 1.29 is 13.2 Å². The zero-order valence-corrected chi connectivity index (χ0v) is 12.9. The summed E-state index contributed by atoms with van der Waals surface area (Å²) in [6.07, 6.45) is 2.65. The average Bonchev–Trinajstić information content (AvgIpc) is 2.49. The first-order valence-electron chi connectivity index (χ1n) is 7.88. The number of anilines is 2. The van der Waals surface area contributed by atoms with E-state index < -0.39 is 11.9 Å². The number of nitrogens with one attached hydrogen (secondary N) is 1. The average molecular weight is 334 g/mol. The number of alkyl halides is 3. The first kappa shape index (κ1) is 15.2. The quantitative estimate of drug-likeness (QED) is 0.932. The molecule has 2 fully saturated rings. The van der Waals surface area contributed by atoms with E-state index in [0.29, 0.717) is 11.5 Å².